The zero-order chi connectivity index (χ0) is 17.1. The van der Waals surface area contributed by atoms with Gasteiger partial charge in [-0.25, -0.2) is 0 Å². The second kappa shape index (κ2) is 7.20. The maximum Gasteiger partial charge on any atom is 0.279 e. The summed E-state index contributed by atoms with van der Waals surface area (Å²) in [5.74, 6) is 0.428. The van der Waals surface area contributed by atoms with Gasteiger partial charge in [0.15, 0.2) is 6.04 Å². The summed E-state index contributed by atoms with van der Waals surface area (Å²) in [7, 11) is 3.62. The molecule has 5 heteroatoms. The summed E-state index contributed by atoms with van der Waals surface area (Å²) in [4.78, 5) is 18.5. The van der Waals surface area contributed by atoms with Gasteiger partial charge in [0, 0.05) is 36.1 Å². The van der Waals surface area contributed by atoms with Gasteiger partial charge in [-0.15, -0.1) is 11.3 Å². The molecule has 0 saturated carbocycles. The molecule has 126 valence electrons. The number of aromatic nitrogens is 1. The van der Waals surface area contributed by atoms with Crippen LogP contribution in [0.2, 0.25) is 0 Å². The third-order valence-electron chi connectivity index (χ3n) is 4.44. The highest BCUT2D eigenvalue weighted by Gasteiger charge is 2.24. The fraction of sp³-hybridized carbons (Fsp3) is 0.316. The Balaban J connectivity index is 1.87. The highest BCUT2D eigenvalue weighted by atomic mass is 32.1. The van der Waals surface area contributed by atoms with E-state index in [9.17, 15) is 4.79 Å². The van der Waals surface area contributed by atoms with Crippen molar-refractivity contribution in [2.75, 3.05) is 20.6 Å². The number of aromatic amines is 1. The number of H-pyrrole nitrogens is 1. The summed E-state index contributed by atoms with van der Waals surface area (Å²) in [5, 5.41) is 5.52. The predicted molar refractivity (Wildman–Crippen MR) is 99.4 cm³/mol. The second-order valence-corrected chi connectivity index (χ2v) is 7.33. The van der Waals surface area contributed by atoms with Crippen molar-refractivity contribution in [2.45, 2.75) is 18.9 Å². The van der Waals surface area contributed by atoms with E-state index < -0.39 is 0 Å². The third kappa shape index (κ3) is 3.37. The van der Waals surface area contributed by atoms with Gasteiger partial charge in [0.2, 0.25) is 0 Å². The van der Waals surface area contributed by atoms with Crippen LogP contribution in [0.15, 0.2) is 48.0 Å². The van der Waals surface area contributed by atoms with E-state index in [2.05, 4.69) is 52.2 Å². The molecule has 24 heavy (non-hydrogen) atoms. The highest BCUT2D eigenvalue weighted by molar-refractivity contribution is 7.10. The van der Waals surface area contributed by atoms with Gasteiger partial charge in [-0.2, -0.15) is 0 Å². The number of rotatable bonds is 6. The number of quaternary nitrogens is 1. The Bertz CT molecular complexity index is 807. The molecule has 0 spiro atoms. The standard InChI is InChI=1S/C19H23N3OS/c1-13(19(23)22(2)3)20-12-16(18-9-6-10-24-18)15-11-21-17-8-5-4-7-14(15)17/h4-11,13,16,20-21H,12H2,1-3H3/p+1/t13-,16+/m1/s1. The Labute approximate surface area is 146 Å². The maximum absolute atomic E-state index is 12.1. The summed E-state index contributed by atoms with van der Waals surface area (Å²) in [6.45, 7) is 2.83. The van der Waals surface area contributed by atoms with Gasteiger partial charge in [-0.05, 0) is 30.0 Å². The molecule has 3 N–H and O–H groups in total. The molecule has 0 bridgehead atoms. The van der Waals surface area contributed by atoms with Gasteiger partial charge in [0.1, 0.15) is 0 Å². The van der Waals surface area contributed by atoms with Gasteiger partial charge in [-0.1, -0.05) is 24.3 Å². The summed E-state index contributed by atoms with van der Waals surface area (Å²) in [5.41, 5.74) is 2.46. The lowest BCUT2D eigenvalue weighted by Crippen LogP contribution is -2.92. The fourth-order valence-corrected chi connectivity index (χ4v) is 3.98. The number of likely N-dealkylation sites (N-methyl/N-ethyl adjacent to an activating group) is 1. The van der Waals surface area contributed by atoms with Crippen LogP contribution in [0.4, 0.5) is 0 Å². The van der Waals surface area contributed by atoms with E-state index in [1.165, 1.54) is 15.8 Å². The van der Waals surface area contributed by atoms with Gasteiger partial charge in [0.05, 0.1) is 12.5 Å². The smallest absolute Gasteiger partial charge is 0.279 e. The molecule has 0 radical (unpaired) electrons. The molecule has 4 nitrogen and oxygen atoms in total. The topological polar surface area (TPSA) is 52.7 Å². The number of fused-ring (bicyclic) bond motifs is 1. The van der Waals surface area contributed by atoms with Gasteiger partial charge in [0.25, 0.3) is 5.91 Å². The number of amides is 1. The summed E-state index contributed by atoms with van der Waals surface area (Å²) in [6, 6.07) is 12.6. The number of hydrogen-bond donors (Lipinski definition) is 2. The number of carbonyl (C=O) groups is 1. The van der Waals surface area contributed by atoms with Crippen LogP contribution in [-0.4, -0.2) is 42.5 Å². The van der Waals surface area contributed by atoms with E-state index in [-0.39, 0.29) is 17.9 Å². The molecule has 3 aromatic rings. The van der Waals surface area contributed by atoms with Crippen molar-refractivity contribution in [3.63, 3.8) is 0 Å². The van der Waals surface area contributed by atoms with Crippen molar-refractivity contribution in [3.8, 4) is 0 Å². The largest absolute Gasteiger partial charge is 0.361 e. The molecule has 3 rings (SSSR count). The maximum atomic E-state index is 12.1. The molecular weight excluding hydrogens is 318 g/mol. The van der Waals surface area contributed by atoms with E-state index in [4.69, 9.17) is 0 Å². The van der Waals surface area contributed by atoms with E-state index in [1.54, 1.807) is 16.2 Å². The van der Waals surface area contributed by atoms with E-state index >= 15 is 0 Å². The number of thiophene rings is 1. The van der Waals surface area contributed by atoms with Gasteiger partial charge in [-0.3, -0.25) is 4.79 Å². The first-order valence-corrected chi connectivity index (χ1v) is 9.09. The lowest BCUT2D eigenvalue weighted by molar-refractivity contribution is -0.675. The number of nitrogens with two attached hydrogens (primary N) is 1. The Hall–Kier alpha value is -2.11. The van der Waals surface area contributed by atoms with Crippen molar-refractivity contribution < 1.29 is 10.1 Å². The number of nitrogens with zero attached hydrogens (tertiary/aromatic N) is 1. The van der Waals surface area contributed by atoms with Crippen molar-refractivity contribution in [3.05, 3.63) is 58.4 Å². The molecule has 0 aliphatic carbocycles. The predicted octanol–water partition coefficient (Wildman–Crippen LogP) is 2.40. The molecule has 0 fully saturated rings. The van der Waals surface area contributed by atoms with Crippen LogP contribution in [0.1, 0.15) is 23.3 Å². The van der Waals surface area contributed by atoms with E-state index in [0.717, 1.165) is 12.1 Å². The summed E-state index contributed by atoms with van der Waals surface area (Å²) >= 11 is 1.77. The summed E-state index contributed by atoms with van der Waals surface area (Å²) < 4.78 is 0. The van der Waals surface area contributed by atoms with Crippen molar-refractivity contribution in [2.24, 2.45) is 0 Å². The lowest BCUT2D eigenvalue weighted by Gasteiger charge is -2.19. The van der Waals surface area contributed by atoms with Crippen molar-refractivity contribution in [1.29, 1.82) is 0 Å². The molecular formula is C19H24N3OS+. The number of nitrogens with one attached hydrogen (secondary N) is 1. The molecule has 0 saturated heterocycles. The number of para-hydroxylation sites is 1. The molecule has 2 heterocycles. The van der Waals surface area contributed by atoms with Crippen molar-refractivity contribution >= 4 is 28.1 Å². The zero-order valence-corrected chi connectivity index (χ0v) is 15.1. The van der Waals surface area contributed by atoms with Crippen LogP contribution in [0.5, 0.6) is 0 Å². The number of hydrogen-bond acceptors (Lipinski definition) is 2. The molecule has 2 aromatic heterocycles. The normalized spacial score (nSPS) is 13.8. The first kappa shape index (κ1) is 16.7. The van der Waals surface area contributed by atoms with Gasteiger partial charge >= 0.3 is 0 Å². The molecule has 0 unspecified atom stereocenters. The Morgan fingerprint density at radius 2 is 2.04 bits per heavy atom. The van der Waals surface area contributed by atoms with Crippen LogP contribution < -0.4 is 5.32 Å². The van der Waals surface area contributed by atoms with E-state index in [0.29, 0.717) is 0 Å². The Morgan fingerprint density at radius 3 is 2.75 bits per heavy atom. The van der Waals surface area contributed by atoms with Crippen LogP contribution in [0, 0.1) is 0 Å². The second-order valence-electron chi connectivity index (χ2n) is 6.35. The average Bonchev–Trinajstić information content (AvgIpc) is 3.24. The minimum atomic E-state index is -0.0762. The van der Waals surface area contributed by atoms with Crippen LogP contribution in [-0.2, 0) is 4.79 Å². The number of carbonyl (C=O) groups excluding carboxylic acids is 1. The average molecular weight is 342 g/mol. The first-order valence-electron chi connectivity index (χ1n) is 8.22. The molecule has 1 aromatic carbocycles. The highest BCUT2D eigenvalue weighted by Crippen LogP contribution is 2.32. The quantitative estimate of drug-likeness (QED) is 0.710. The number of benzene rings is 1. The fourth-order valence-electron chi connectivity index (χ4n) is 3.12. The third-order valence-corrected chi connectivity index (χ3v) is 5.42. The van der Waals surface area contributed by atoms with Crippen LogP contribution in [0.3, 0.4) is 0 Å². The summed E-state index contributed by atoms with van der Waals surface area (Å²) in [6.07, 6.45) is 2.11. The minimum absolute atomic E-state index is 0.0762. The molecule has 1 amide bonds. The Morgan fingerprint density at radius 1 is 1.25 bits per heavy atom. The first-order chi connectivity index (χ1) is 11.6. The monoisotopic (exact) mass is 342 g/mol. The minimum Gasteiger partial charge on any atom is -0.361 e. The SMILES string of the molecule is C[C@@H]([NH2+]C[C@H](c1cccs1)c1c[nH]c2ccccc12)C(=O)N(C)C. The van der Waals surface area contributed by atoms with Gasteiger partial charge < -0.3 is 15.2 Å². The van der Waals surface area contributed by atoms with Crippen LogP contribution >= 0.6 is 11.3 Å². The molecule has 2 atom stereocenters. The van der Waals surface area contributed by atoms with Crippen molar-refractivity contribution in [1.82, 2.24) is 9.88 Å². The molecule has 0 aliphatic rings. The zero-order valence-electron chi connectivity index (χ0n) is 14.3. The van der Waals surface area contributed by atoms with Crippen LogP contribution in [0.25, 0.3) is 10.9 Å². The van der Waals surface area contributed by atoms with E-state index in [1.807, 2.05) is 27.1 Å². The molecule has 0 aliphatic heterocycles. The Kier molecular flexibility index (Phi) is 5.02. The lowest BCUT2D eigenvalue weighted by atomic mass is 9.96.